The molecule has 0 aromatic carbocycles. The first-order chi connectivity index (χ1) is 9.17. The number of carboxylic acid groups (broad SMARTS) is 1. The maximum Gasteiger partial charge on any atom is 0.321 e. The molecule has 8 heteroatoms. The van der Waals surface area contributed by atoms with Gasteiger partial charge in [-0.05, 0) is 40.2 Å². The second-order valence-electron chi connectivity index (χ2n) is 6.16. The molecule has 1 atom stereocenters. The van der Waals surface area contributed by atoms with Crippen molar-refractivity contribution in [3.8, 4) is 0 Å². The summed E-state index contributed by atoms with van der Waals surface area (Å²) < 4.78 is 0. The standard InChI is InChI=1S/C13H23N3O4.ClH/c1-13(2,3)15-12(20)14-10(17)8-16-6-4-5-9(7-16)11(18)19;/h9H,4-8H2,1-3H3,(H,18,19)(H2,14,15,17,20);1H. The van der Waals surface area contributed by atoms with Crippen LogP contribution in [-0.4, -0.2) is 53.1 Å². The molecule has 0 bridgehead atoms. The van der Waals surface area contributed by atoms with Crippen LogP contribution in [0.25, 0.3) is 0 Å². The summed E-state index contributed by atoms with van der Waals surface area (Å²) in [6.45, 7) is 6.53. The van der Waals surface area contributed by atoms with Gasteiger partial charge in [0, 0.05) is 12.1 Å². The van der Waals surface area contributed by atoms with Crippen LogP contribution in [-0.2, 0) is 9.59 Å². The molecule has 1 unspecified atom stereocenters. The minimum Gasteiger partial charge on any atom is -0.481 e. The molecule has 21 heavy (non-hydrogen) atoms. The zero-order chi connectivity index (χ0) is 15.3. The Morgan fingerprint density at radius 1 is 1.29 bits per heavy atom. The highest BCUT2D eigenvalue weighted by molar-refractivity contribution is 5.95. The third-order valence-corrected chi connectivity index (χ3v) is 2.96. The normalized spacial score (nSPS) is 19.3. The molecule has 1 heterocycles. The molecule has 1 aliphatic rings. The van der Waals surface area contributed by atoms with Crippen molar-refractivity contribution in [1.82, 2.24) is 15.5 Å². The topological polar surface area (TPSA) is 98.7 Å². The average Bonchev–Trinajstić information content (AvgIpc) is 2.25. The monoisotopic (exact) mass is 321 g/mol. The van der Waals surface area contributed by atoms with Crippen LogP contribution in [0.5, 0.6) is 0 Å². The van der Waals surface area contributed by atoms with Crippen LogP contribution in [0.4, 0.5) is 4.79 Å². The molecule has 0 saturated carbocycles. The lowest BCUT2D eigenvalue weighted by Crippen LogP contribution is -2.51. The molecule has 0 radical (unpaired) electrons. The van der Waals surface area contributed by atoms with E-state index in [2.05, 4.69) is 10.6 Å². The summed E-state index contributed by atoms with van der Waals surface area (Å²) in [4.78, 5) is 35.9. The second-order valence-corrected chi connectivity index (χ2v) is 6.16. The molecule has 1 rings (SSSR count). The number of nitrogens with zero attached hydrogens (tertiary/aromatic N) is 1. The lowest BCUT2D eigenvalue weighted by Gasteiger charge is -2.30. The Morgan fingerprint density at radius 2 is 1.90 bits per heavy atom. The molecular formula is C13H24ClN3O4. The van der Waals surface area contributed by atoms with E-state index in [0.29, 0.717) is 19.5 Å². The number of piperidine rings is 1. The van der Waals surface area contributed by atoms with Gasteiger partial charge in [-0.15, -0.1) is 12.4 Å². The van der Waals surface area contributed by atoms with Crippen molar-refractivity contribution in [2.24, 2.45) is 5.92 Å². The highest BCUT2D eigenvalue weighted by Crippen LogP contribution is 2.16. The molecule has 0 spiro atoms. The number of amides is 3. The van der Waals surface area contributed by atoms with Gasteiger partial charge in [0.1, 0.15) is 0 Å². The molecular weight excluding hydrogens is 298 g/mol. The summed E-state index contributed by atoms with van der Waals surface area (Å²) >= 11 is 0. The molecule has 0 aromatic rings. The predicted molar refractivity (Wildman–Crippen MR) is 80.5 cm³/mol. The van der Waals surface area contributed by atoms with Crippen molar-refractivity contribution in [3.63, 3.8) is 0 Å². The first kappa shape index (κ1) is 19.7. The number of nitrogens with one attached hydrogen (secondary N) is 2. The van der Waals surface area contributed by atoms with Crippen molar-refractivity contribution in [2.75, 3.05) is 19.6 Å². The Kier molecular flexibility index (Phi) is 7.67. The van der Waals surface area contributed by atoms with Gasteiger partial charge >= 0.3 is 12.0 Å². The van der Waals surface area contributed by atoms with Crippen LogP contribution >= 0.6 is 12.4 Å². The van der Waals surface area contributed by atoms with Crippen molar-refractivity contribution in [1.29, 1.82) is 0 Å². The molecule has 1 fully saturated rings. The Labute approximate surface area is 130 Å². The number of aliphatic carboxylic acids is 1. The first-order valence-corrected chi connectivity index (χ1v) is 6.74. The zero-order valence-corrected chi connectivity index (χ0v) is 13.5. The van der Waals surface area contributed by atoms with Gasteiger partial charge in [0.15, 0.2) is 0 Å². The predicted octanol–water partition coefficient (Wildman–Crippen LogP) is 0.829. The van der Waals surface area contributed by atoms with Crippen molar-refractivity contribution < 1.29 is 19.5 Å². The Hall–Kier alpha value is -1.34. The third-order valence-electron chi connectivity index (χ3n) is 2.96. The number of imide groups is 1. The number of halogens is 1. The number of carbonyl (C=O) groups is 3. The zero-order valence-electron chi connectivity index (χ0n) is 12.6. The van der Waals surface area contributed by atoms with Crippen molar-refractivity contribution in [3.05, 3.63) is 0 Å². The minimum absolute atomic E-state index is 0. The Morgan fingerprint density at radius 3 is 2.43 bits per heavy atom. The van der Waals surface area contributed by atoms with Crippen molar-refractivity contribution >= 4 is 30.3 Å². The fourth-order valence-corrected chi connectivity index (χ4v) is 2.14. The van der Waals surface area contributed by atoms with Gasteiger partial charge in [-0.25, -0.2) is 4.79 Å². The molecule has 3 amide bonds. The summed E-state index contributed by atoms with van der Waals surface area (Å²) in [7, 11) is 0. The van der Waals surface area contributed by atoms with Gasteiger partial charge in [-0.2, -0.15) is 0 Å². The second kappa shape index (κ2) is 8.19. The molecule has 122 valence electrons. The minimum atomic E-state index is -0.833. The number of carboxylic acids is 1. The van der Waals surface area contributed by atoms with Gasteiger partial charge in [-0.3, -0.25) is 19.8 Å². The van der Waals surface area contributed by atoms with Gasteiger partial charge in [0.2, 0.25) is 5.91 Å². The van der Waals surface area contributed by atoms with E-state index in [1.165, 1.54) is 0 Å². The maximum atomic E-state index is 11.7. The number of hydrogen-bond acceptors (Lipinski definition) is 4. The Bertz CT molecular complexity index is 395. The van der Waals surface area contributed by atoms with Gasteiger partial charge in [0.25, 0.3) is 0 Å². The van der Waals surface area contributed by atoms with E-state index in [1.807, 2.05) is 20.8 Å². The number of likely N-dealkylation sites (tertiary alicyclic amines) is 1. The molecule has 0 aliphatic carbocycles. The number of hydrogen-bond donors (Lipinski definition) is 3. The van der Waals surface area contributed by atoms with Crippen LogP contribution in [0.15, 0.2) is 0 Å². The summed E-state index contributed by atoms with van der Waals surface area (Å²) in [5.41, 5.74) is -0.413. The van der Waals surface area contributed by atoms with Crippen LogP contribution in [0.1, 0.15) is 33.6 Å². The van der Waals surface area contributed by atoms with Crippen LogP contribution in [0.2, 0.25) is 0 Å². The average molecular weight is 322 g/mol. The van der Waals surface area contributed by atoms with Crippen LogP contribution < -0.4 is 10.6 Å². The van der Waals surface area contributed by atoms with E-state index in [1.54, 1.807) is 4.90 Å². The number of urea groups is 1. The summed E-state index contributed by atoms with van der Waals surface area (Å²) in [5, 5.41) is 13.9. The van der Waals surface area contributed by atoms with Gasteiger partial charge < -0.3 is 10.4 Å². The molecule has 3 N–H and O–H groups in total. The number of carbonyl (C=O) groups excluding carboxylic acids is 2. The lowest BCUT2D eigenvalue weighted by molar-refractivity contribution is -0.144. The van der Waals surface area contributed by atoms with E-state index >= 15 is 0 Å². The highest BCUT2D eigenvalue weighted by atomic mass is 35.5. The van der Waals surface area contributed by atoms with Gasteiger partial charge in [-0.1, -0.05) is 0 Å². The summed E-state index contributed by atoms with van der Waals surface area (Å²) in [6.07, 6.45) is 1.39. The smallest absolute Gasteiger partial charge is 0.321 e. The highest BCUT2D eigenvalue weighted by Gasteiger charge is 2.26. The number of rotatable bonds is 3. The fraction of sp³-hybridized carbons (Fsp3) is 0.769. The Balaban J connectivity index is 0.00000400. The molecule has 1 aliphatic heterocycles. The van der Waals surface area contributed by atoms with Crippen LogP contribution in [0, 0.1) is 5.92 Å². The van der Waals surface area contributed by atoms with E-state index < -0.39 is 29.4 Å². The quantitative estimate of drug-likeness (QED) is 0.715. The maximum absolute atomic E-state index is 11.7. The largest absolute Gasteiger partial charge is 0.481 e. The van der Waals surface area contributed by atoms with Crippen molar-refractivity contribution in [2.45, 2.75) is 39.2 Å². The van der Waals surface area contributed by atoms with E-state index in [9.17, 15) is 14.4 Å². The fourth-order valence-electron chi connectivity index (χ4n) is 2.14. The lowest BCUT2D eigenvalue weighted by atomic mass is 9.98. The molecule has 7 nitrogen and oxygen atoms in total. The molecule has 1 saturated heterocycles. The van der Waals surface area contributed by atoms with E-state index in [0.717, 1.165) is 6.42 Å². The summed E-state index contributed by atoms with van der Waals surface area (Å²) in [6, 6.07) is -0.533. The third kappa shape index (κ3) is 7.87. The SMILES string of the molecule is CC(C)(C)NC(=O)NC(=O)CN1CCCC(C(=O)O)C1.Cl. The van der Waals surface area contributed by atoms with E-state index in [-0.39, 0.29) is 19.0 Å². The van der Waals surface area contributed by atoms with Gasteiger partial charge in [0.05, 0.1) is 12.5 Å². The summed E-state index contributed by atoms with van der Waals surface area (Å²) in [5.74, 6) is -1.68. The van der Waals surface area contributed by atoms with E-state index in [4.69, 9.17) is 5.11 Å². The molecule has 0 aromatic heterocycles. The van der Waals surface area contributed by atoms with Crippen LogP contribution in [0.3, 0.4) is 0 Å². The first-order valence-electron chi connectivity index (χ1n) is 6.74.